The van der Waals surface area contributed by atoms with Gasteiger partial charge in [-0.25, -0.2) is 4.39 Å². The summed E-state index contributed by atoms with van der Waals surface area (Å²) in [5.74, 6) is -0.458. The largest absolute Gasteiger partial charge is 0.323 e. The van der Waals surface area contributed by atoms with E-state index in [2.05, 4.69) is 33.5 Å². The van der Waals surface area contributed by atoms with Crippen LogP contribution in [0.15, 0.2) is 22.7 Å². The van der Waals surface area contributed by atoms with Crippen LogP contribution in [0.1, 0.15) is 32.6 Å². The van der Waals surface area contributed by atoms with Crippen molar-refractivity contribution in [1.29, 1.82) is 0 Å². The molecule has 0 aliphatic carbocycles. The normalized spacial score (nSPS) is 17.8. The molecule has 2 N–H and O–H groups in total. The number of anilines is 1. The molecule has 1 heterocycles. The lowest BCUT2D eigenvalue weighted by molar-refractivity contribution is -0.127. The van der Waals surface area contributed by atoms with Crippen molar-refractivity contribution in [3.63, 3.8) is 0 Å². The number of carbonyl (C=O) groups excluding carboxylic acids is 1. The van der Waals surface area contributed by atoms with Crippen LogP contribution in [-0.4, -0.2) is 19.0 Å². The first-order valence-electron chi connectivity index (χ1n) is 7.04. The first-order chi connectivity index (χ1) is 9.57. The minimum Gasteiger partial charge on any atom is -0.323 e. The maximum absolute atomic E-state index is 13.8. The molecule has 110 valence electrons. The smallest absolute Gasteiger partial charge is 0.230 e. The summed E-state index contributed by atoms with van der Waals surface area (Å²) in [7, 11) is 0. The van der Waals surface area contributed by atoms with Crippen LogP contribution in [-0.2, 0) is 4.79 Å². The van der Waals surface area contributed by atoms with Gasteiger partial charge in [0.15, 0.2) is 0 Å². The molecule has 3 nitrogen and oxygen atoms in total. The van der Waals surface area contributed by atoms with Crippen LogP contribution in [0.25, 0.3) is 0 Å². The molecule has 1 aromatic rings. The van der Waals surface area contributed by atoms with Crippen LogP contribution in [0.4, 0.5) is 10.1 Å². The van der Waals surface area contributed by atoms with Gasteiger partial charge < -0.3 is 10.6 Å². The van der Waals surface area contributed by atoms with E-state index in [-0.39, 0.29) is 17.0 Å². The lowest BCUT2D eigenvalue weighted by Crippen LogP contribution is -2.45. The highest BCUT2D eigenvalue weighted by atomic mass is 79.9. The van der Waals surface area contributed by atoms with Gasteiger partial charge in [0, 0.05) is 4.47 Å². The summed E-state index contributed by atoms with van der Waals surface area (Å²) in [6, 6.07) is 4.58. The van der Waals surface area contributed by atoms with Crippen molar-refractivity contribution < 1.29 is 9.18 Å². The van der Waals surface area contributed by atoms with Gasteiger partial charge in [0.25, 0.3) is 0 Å². The maximum atomic E-state index is 13.8. The first-order valence-corrected chi connectivity index (χ1v) is 7.84. The number of carbonyl (C=O) groups is 1. The van der Waals surface area contributed by atoms with E-state index in [0.29, 0.717) is 0 Å². The summed E-state index contributed by atoms with van der Waals surface area (Å²) in [6.45, 7) is 3.76. The Morgan fingerprint density at radius 1 is 1.45 bits per heavy atom. The Bertz CT molecular complexity index is 481. The van der Waals surface area contributed by atoms with Gasteiger partial charge in [0.2, 0.25) is 5.91 Å². The molecule has 1 saturated heterocycles. The average molecular weight is 343 g/mol. The fraction of sp³-hybridized carbons (Fsp3) is 0.533. The van der Waals surface area contributed by atoms with Gasteiger partial charge in [0.05, 0.1) is 11.1 Å². The Morgan fingerprint density at radius 2 is 2.15 bits per heavy atom. The lowest BCUT2D eigenvalue weighted by atomic mass is 9.74. The molecular formula is C15H20BrFN2O. The van der Waals surface area contributed by atoms with Crippen LogP contribution >= 0.6 is 15.9 Å². The van der Waals surface area contributed by atoms with Gasteiger partial charge in [-0.15, -0.1) is 0 Å². The molecule has 1 aromatic carbocycles. The van der Waals surface area contributed by atoms with Gasteiger partial charge in [-0.1, -0.05) is 29.3 Å². The molecule has 0 radical (unpaired) electrons. The minimum atomic E-state index is -0.401. The van der Waals surface area contributed by atoms with Crippen molar-refractivity contribution in [3.05, 3.63) is 28.5 Å². The van der Waals surface area contributed by atoms with Crippen molar-refractivity contribution in [2.75, 3.05) is 18.4 Å². The third kappa shape index (κ3) is 3.38. The molecule has 1 aliphatic heterocycles. The van der Waals surface area contributed by atoms with Gasteiger partial charge in [-0.3, -0.25) is 4.79 Å². The molecule has 1 fully saturated rings. The highest BCUT2D eigenvalue weighted by Crippen LogP contribution is 2.35. The second-order valence-electron chi connectivity index (χ2n) is 5.36. The van der Waals surface area contributed by atoms with E-state index in [1.54, 1.807) is 12.1 Å². The van der Waals surface area contributed by atoms with Crippen LogP contribution < -0.4 is 10.6 Å². The number of hydrogen-bond donors (Lipinski definition) is 2. The summed E-state index contributed by atoms with van der Waals surface area (Å²) in [6.07, 6.45) is 3.41. The fourth-order valence-electron chi connectivity index (χ4n) is 2.82. The second-order valence-corrected chi connectivity index (χ2v) is 6.27. The lowest BCUT2D eigenvalue weighted by Gasteiger charge is -2.36. The number of benzene rings is 1. The van der Waals surface area contributed by atoms with Crippen molar-refractivity contribution in [2.45, 2.75) is 32.6 Å². The molecule has 0 bridgehead atoms. The Morgan fingerprint density at radius 3 is 2.80 bits per heavy atom. The van der Waals surface area contributed by atoms with Crippen LogP contribution in [0.5, 0.6) is 0 Å². The fourth-order valence-corrected chi connectivity index (χ4v) is 3.18. The van der Waals surface area contributed by atoms with E-state index >= 15 is 0 Å². The van der Waals surface area contributed by atoms with Gasteiger partial charge in [-0.2, -0.15) is 0 Å². The molecule has 0 saturated carbocycles. The zero-order chi connectivity index (χ0) is 14.6. The molecule has 0 unspecified atom stereocenters. The van der Waals surface area contributed by atoms with Gasteiger partial charge in [-0.05, 0) is 50.6 Å². The standard InChI is InChI=1S/C15H20BrFN2O/c1-2-5-15(6-8-18-9-7-15)14(20)19-13-10-11(16)3-4-12(13)17/h3-4,10,18H,2,5-9H2,1H3,(H,19,20). The monoisotopic (exact) mass is 342 g/mol. The summed E-state index contributed by atoms with van der Waals surface area (Å²) in [4.78, 5) is 12.6. The Kier molecular flexibility index (Phi) is 5.16. The van der Waals surface area contributed by atoms with Crippen molar-refractivity contribution in [3.8, 4) is 0 Å². The second kappa shape index (κ2) is 6.68. The third-order valence-corrected chi connectivity index (χ3v) is 4.44. The zero-order valence-corrected chi connectivity index (χ0v) is 13.2. The third-order valence-electron chi connectivity index (χ3n) is 3.95. The summed E-state index contributed by atoms with van der Waals surface area (Å²) >= 11 is 3.30. The first kappa shape index (κ1) is 15.4. The van der Waals surface area contributed by atoms with E-state index in [1.807, 2.05) is 0 Å². The predicted octanol–water partition coefficient (Wildman–Crippen LogP) is 3.70. The number of rotatable bonds is 4. The Labute approximate surface area is 127 Å². The molecule has 1 amide bonds. The number of piperidine rings is 1. The number of hydrogen-bond acceptors (Lipinski definition) is 2. The zero-order valence-electron chi connectivity index (χ0n) is 11.6. The topological polar surface area (TPSA) is 41.1 Å². The average Bonchev–Trinajstić information content (AvgIpc) is 2.44. The van der Waals surface area contributed by atoms with E-state index in [0.717, 1.165) is 43.2 Å². The van der Waals surface area contributed by atoms with E-state index < -0.39 is 5.82 Å². The molecule has 5 heteroatoms. The summed E-state index contributed by atoms with van der Waals surface area (Å²) < 4.78 is 14.5. The Balaban J connectivity index is 2.18. The molecular weight excluding hydrogens is 323 g/mol. The predicted molar refractivity (Wildman–Crippen MR) is 82.2 cm³/mol. The number of amides is 1. The highest BCUT2D eigenvalue weighted by molar-refractivity contribution is 9.10. The van der Waals surface area contributed by atoms with Gasteiger partial charge >= 0.3 is 0 Å². The Hall–Kier alpha value is -0.940. The minimum absolute atomic E-state index is 0.0575. The summed E-state index contributed by atoms with van der Waals surface area (Å²) in [5, 5.41) is 6.05. The number of halogens is 2. The molecule has 20 heavy (non-hydrogen) atoms. The van der Waals surface area contributed by atoms with Gasteiger partial charge in [0.1, 0.15) is 5.82 Å². The SMILES string of the molecule is CCCC1(C(=O)Nc2cc(Br)ccc2F)CCNCC1. The highest BCUT2D eigenvalue weighted by Gasteiger charge is 2.38. The van der Waals surface area contributed by atoms with Crippen molar-refractivity contribution in [2.24, 2.45) is 5.41 Å². The van der Waals surface area contributed by atoms with E-state index in [1.165, 1.54) is 6.07 Å². The number of nitrogens with one attached hydrogen (secondary N) is 2. The molecule has 0 aromatic heterocycles. The quantitative estimate of drug-likeness (QED) is 0.875. The van der Waals surface area contributed by atoms with Crippen LogP contribution in [0, 0.1) is 11.2 Å². The summed E-state index contributed by atoms with van der Waals surface area (Å²) in [5.41, 5.74) is -0.118. The molecule has 1 aliphatic rings. The maximum Gasteiger partial charge on any atom is 0.230 e. The molecule has 2 rings (SSSR count). The van der Waals surface area contributed by atoms with E-state index in [4.69, 9.17) is 0 Å². The van der Waals surface area contributed by atoms with E-state index in [9.17, 15) is 9.18 Å². The van der Waals surface area contributed by atoms with Crippen molar-refractivity contribution >= 4 is 27.5 Å². The molecule has 0 atom stereocenters. The van der Waals surface area contributed by atoms with Crippen LogP contribution in [0.3, 0.4) is 0 Å². The van der Waals surface area contributed by atoms with Crippen LogP contribution in [0.2, 0.25) is 0 Å². The van der Waals surface area contributed by atoms with Crippen molar-refractivity contribution in [1.82, 2.24) is 5.32 Å². The molecule has 0 spiro atoms.